The van der Waals surface area contributed by atoms with Crippen molar-refractivity contribution in [1.29, 1.82) is 0 Å². The summed E-state index contributed by atoms with van der Waals surface area (Å²) in [5, 5.41) is 24.1. The number of rotatable bonds is 2. The van der Waals surface area contributed by atoms with Gasteiger partial charge in [-0.2, -0.15) is 0 Å². The molecule has 0 radical (unpaired) electrons. The fourth-order valence-corrected chi connectivity index (χ4v) is 3.10. The maximum absolute atomic E-state index is 13.0. The second kappa shape index (κ2) is 5.90. The molecule has 124 valence electrons. The first-order chi connectivity index (χ1) is 10.9. The minimum Gasteiger partial charge on any atom is -0.393 e. The van der Waals surface area contributed by atoms with Gasteiger partial charge in [-0.3, -0.25) is 4.79 Å². The SMILES string of the molecule is Cc1cc(C(=O)N2CCC[C@@](O)(CO)CC2)c2c(C)noc2n1. The van der Waals surface area contributed by atoms with Crippen LogP contribution >= 0.6 is 0 Å². The zero-order valence-corrected chi connectivity index (χ0v) is 13.4. The third-order valence-electron chi connectivity index (χ3n) is 4.47. The number of fused-ring (bicyclic) bond motifs is 1. The highest BCUT2D eigenvalue weighted by Gasteiger charge is 2.32. The zero-order valence-electron chi connectivity index (χ0n) is 13.4. The van der Waals surface area contributed by atoms with Crippen molar-refractivity contribution in [1.82, 2.24) is 15.0 Å². The Balaban J connectivity index is 1.93. The number of carbonyl (C=O) groups excluding carboxylic acids is 1. The van der Waals surface area contributed by atoms with Crippen molar-refractivity contribution in [3.05, 3.63) is 23.0 Å². The lowest BCUT2D eigenvalue weighted by Crippen LogP contribution is -2.36. The Hall–Kier alpha value is -1.99. The predicted octanol–water partition coefficient (Wildman–Crippen LogP) is 1.19. The summed E-state index contributed by atoms with van der Waals surface area (Å²) in [6.45, 7) is 4.27. The molecule has 2 aromatic heterocycles. The smallest absolute Gasteiger partial charge is 0.258 e. The predicted molar refractivity (Wildman–Crippen MR) is 83.1 cm³/mol. The Bertz CT molecular complexity index is 742. The molecular formula is C16H21N3O4. The highest BCUT2D eigenvalue weighted by molar-refractivity contribution is 6.06. The van der Waals surface area contributed by atoms with E-state index in [0.29, 0.717) is 60.4 Å². The third-order valence-corrected chi connectivity index (χ3v) is 4.47. The average molecular weight is 319 g/mol. The molecule has 3 heterocycles. The first-order valence-corrected chi connectivity index (χ1v) is 7.80. The number of aryl methyl sites for hydroxylation is 2. The molecule has 3 rings (SSSR count). The maximum atomic E-state index is 13.0. The van der Waals surface area contributed by atoms with Crippen molar-refractivity contribution < 1.29 is 19.5 Å². The molecule has 1 amide bonds. The number of aliphatic hydroxyl groups excluding tert-OH is 1. The molecule has 1 fully saturated rings. The molecule has 2 N–H and O–H groups in total. The van der Waals surface area contributed by atoms with Crippen molar-refractivity contribution in [3.8, 4) is 0 Å². The van der Waals surface area contributed by atoms with E-state index in [4.69, 9.17) is 4.52 Å². The molecule has 7 heteroatoms. The molecule has 1 saturated heterocycles. The Morgan fingerprint density at radius 1 is 1.39 bits per heavy atom. The number of hydrogen-bond donors (Lipinski definition) is 2. The molecule has 0 aromatic carbocycles. The van der Waals surface area contributed by atoms with Crippen LogP contribution in [0.25, 0.3) is 11.1 Å². The molecule has 0 saturated carbocycles. The van der Waals surface area contributed by atoms with Gasteiger partial charge in [-0.15, -0.1) is 0 Å². The minimum atomic E-state index is -1.09. The molecule has 7 nitrogen and oxygen atoms in total. The molecule has 0 unspecified atom stereocenters. The van der Waals surface area contributed by atoms with Gasteiger partial charge in [0, 0.05) is 18.8 Å². The molecule has 0 aliphatic carbocycles. The number of pyridine rings is 1. The summed E-state index contributed by atoms with van der Waals surface area (Å²) in [4.78, 5) is 18.9. The molecule has 2 aromatic rings. The van der Waals surface area contributed by atoms with E-state index in [1.807, 2.05) is 0 Å². The van der Waals surface area contributed by atoms with Crippen molar-refractivity contribution >= 4 is 17.0 Å². The van der Waals surface area contributed by atoms with Gasteiger partial charge in [0.2, 0.25) is 0 Å². The summed E-state index contributed by atoms with van der Waals surface area (Å²) in [5.74, 6) is -0.117. The maximum Gasteiger partial charge on any atom is 0.258 e. The summed E-state index contributed by atoms with van der Waals surface area (Å²) in [7, 11) is 0. The third kappa shape index (κ3) is 2.94. The summed E-state index contributed by atoms with van der Waals surface area (Å²) in [6.07, 6.45) is 1.51. The van der Waals surface area contributed by atoms with Gasteiger partial charge in [-0.25, -0.2) is 4.98 Å². The second-order valence-corrected chi connectivity index (χ2v) is 6.29. The molecule has 0 bridgehead atoms. The molecule has 1 aliphatic heterocycles. The number of likely N-dealkylation sites (tertiary alicyclic amines) is 1. The topological polar surface area (TPSA) is 99.7 Å². The summed E-state index contributed by atoms with van der Waals surface area (Å²) in [5.41, 5.74) is 1.13. The van der Waals surface area contributed by atoms with Gasteiger partial charge in [0.15, 0.2) is 0 Å². The van der Waals surface area contributed by atoms with E-state index in [1.165, 1.54) is 0 Å². The number of aliphatic hydroxyl groups is 2. The Labute approximate surface area is 133 Å². The number of nitrogens with zero attached hydrogens (tertiary/aromatic N) is 3. The first-order valence-electron chi connectivity index (χ1n) is 7.80. The lowest BCUT2D eigenvalue weighted by molar-refractivity contribution is -0.0250. The van der Waals surface area contributed by atoms with Crippen molar-refractivity contribution in [2.75, 3.05) is 19.7 Å². The van der Waals surface area contributed by atoms with Crippen LogP contribution in [0.4, 0.5) is 0 Å². The van der Waals surface area contributed by atoms with Crippen molar-refractivity contribution in [2.45, 2.75) is 38.7 Å². The summed E-state index contributed by atoms with van der Waals surface area (Å²) < 4.78 is 5.18. The van der Waals surface area contributed by atoms with Gasteiger partial charge in [0.1, 0.15) is 0 Å². The molecule has 0 spiro atoms. The summed E-state index contributed by atoms with van der Waals surface area (Å²) in [6, 6.07) is 1.75. The van der Waals surface area contributed by atoms with Crippen LogP contribution in [0.5, 0.6) is 0 Å². The highest BCUT2D eigenvalue weighted by Crippen LogP contribution is 2.26. The van der Waals surface area contributed by atoms with Crippen LogP contribution < -0.4 is 0 Å². The minimum absolute atomic E-state index is 0.117. The van der Waals surface area contributed by atoms with Crippen molar-refractivity contribution in [2.24, 2.45) is 0 Å². The number of aromatic nitrogens is 2. The quantitative estimate of drug-likeness (QED) is 0.862. The molecule has 23 heavy (non-hydrogen) atoms. The van der Waals surface area contributed by atoms with Gasteiger partial charge >= 0.3 is 0 Å². The largest absolute Gasteiger partial charge is 0.393 e. The van der Waals surface area contributed by atoms with Gasteiger partial charge < -0.3 is 19.6 Å². The number of carbonyl (C=O) groups is 1. The Morgan fingerprint density at radius 3 is 2.91 bits per heavy atom. The van der Waals surface area contributed by atoms with Gasteiger partial charge in [0.25, 0.3) is 11.6 Å². The standard InChI is InChI=1S/C16H21N3O4/c1-10-8-12(13-11(2)18-23-14(13)17-10)15(21)19-6-3-4-16(22,9-20)5-7-19/h8,20,22H,3-7,9H2,1-2H3/t16-/m0/s1. The lowest BCUT2D eigenvalue weighted by atomic mass is 9.96. The van der Waals surface area contributed by atoms with E-state index in [1.54, 1.807) is 24.8 Å². The van der Waals surface area contributed by atoms with Crippen LogP contribution in [0.1, 0.15) is 41.0 Å². The Morgan fingerprint density at radius 2 is 2.17 bits per heavy atom. The number of amides is 1. The van der Waals surface area contributed by atoms with E-state index >= 15 is 0 Å². The van der Waals surface area contributed by atoms with E-state index in [2.05, 4.69) is 10.1 Å². The normalized spacial score (nSPS) is 22.3. The fourth-order valence-electron chi connectivity index (χ4n) is 3.10. The van der Waals surface area contributed by atoms with Crippen LogP contribution in [0.3, 0.4) is 0 Å². The molecule has 1 atom stereocenters. The lowest BCUT2D eigenvalue weighted by Gasteiger charge is -2.24. The second-order valence-electron chi connectivity index (χ2n) is 6.29. The van der Waals surface area contributed by atoms with Crippen LogP contribution in [0.15, 0.2) is 10.6 Å². The van der Waals surface area contributed by atoms with Gasteiger partial charge in [-0.05, 0) is 39.2 Å². The van der Waals surface area contributed by atoms with Crippen LogP contribution in [0, 0.1) is 13.8 Å². The van der Waals surface area contributed by atoms with E-state index in [-0.39, 0.29) is 12.5 Å². The van der Waals surface area contributed by atoms with Crippen LogP contribution in [0.2, 0.25) is 0 Å². The van der Waals surface area contributed by atoms with Crippen LogP contribution in [-0.2, 0) is 0 Å². The van der Waals surface area contributed by atoms with E-state index in [0.717, 1.165) is 0 Å². The average Bonchev–Trinajstić information content (AvgIpc) is 2.78. The van der Waals surface area contributed by atoms with Crippen LogP contribution in [-0.4, -0.2) is 56.5 Å². The zero-order chi connectivity index (χ0) is 16.6. The Kier molecular flexibility index (Phi) is 4.08. The van der Waals surface area contributed by atoms with Gasteiger partial charge in [-0.1, -0.05) is 5.16 Å². The molecular weight excluding hydrogens is 298 g/mol. The van der Waals surface area contributed by atoms with E-state index < -0.39 is 5.60 Å². The first kappa shape index (κ1) is 15.9. The monoisotopic (exact) mass is 319 g/mol. The van der Waals surface area contributed by atoms with Gasteiger partial charge in [0.05, 0.1) is 28.9 Å². The van der Waals surface area contributed by atoms with Crippen molar-refractivity contribution in [3.63, 3.8) is 0 Å². The number of hydrogen-bond acceptors (Lipinski definition) is 6. The molecule has 1 aliphatic rings. The van der Waals surface area contributed by atoms with E-state index in [9.17, 15) is 15.0 Å². The fraction of sp³-hybridized carbons (Fsp3) is 0.562. The highest BCUT2D eigenvalue weighted by atomic mass is 16.5. The summed E-state index contributed by atoms with van der Waals surface area (Å²) >= 11 is 0.